The number of benzene rings is 1. The molecule has 0 fully saturated rings. The van der Waals surface area contributed by atoms with Crippen LogP contribution in [0.1, 0.15) is 50.0 Å². The predicted octanol–water partition coefficient (Wildman–Crippen LogP) is 6.33. The van der Waals surface area contributed by atoms with E-state index in [2.05, 4.69) is 72.7 Å². The highest BCUT2D eigenvalue weighted by Crippen LogP contribution is 2.19. The van der Waals surface area contributed by atoms with Gasteiger partial charge >= 0.3 is 0 Å². The monoisotopic (exact) mass is 313 g/mol. The minimum atomic E-state index is 1.17. The molecule has 0 spiro atoms. The Morgan fingerprint density at radius 3 is 2.14 bits per heavy atom. The van der Waals surface area contributed by atoms with Gasteiger partial charge in [0.2, 0.25) is 0 Å². The molecule has 1 aromatic carbocycles. The number of hydrogen-bond acceptors (Lipinski definition) is 2. The van der Waals surface area contributed by atoms with E-state index >= 15 is 0 Å². The molecule has 0 N–H and O–H groups in total. The maximum absolute atomic E-state index is 2.53. The van der Waals surface area contributed by atoms with Crippen LogP contribution in [0.15, 0.2) is 41.8 Å². The number of nitrogens with zero attached hydrogens (tertiary/aromatic N) is 1. The smallest absolute Gasteiger partial charge is 0.0366 e. The van der Waals surface area contributed by atoms with Crippen LogP contribution in [0, 0.1) is 0 Å². The first-order valence-electron chi connectivity index (χ1n) is 8.40. The van der Waals surface area contributed by atoms with Gasteiger partial charge in [-0.1, -0.05) is 51.0 Å². The zero-order valence-electron chi connectivity index (χ0n) is 13.8. The van der Waals surface area contributed by atoms with Gasteiger partial charge in [-0.15, -0.1) is 11.3 Å². The Morgan fingerprint density at radius 2 is 1.59 bits per heavy atom. The Balaban J connectivity index is 2.01. The van der Waals surface area contributed by atoms with E-state index in [1.54, 1.807) is 11.3 Å². The molecule has 118 valence electrons. The summed E-state index contributed by atoms with van der Waals surface area (Å²) in [5.41, 5.74) is 2.62. The molecule has 0 saturated heterocycles. The lowest BCUT2D eigenvalue weighted by atomic mass is 10.1. The van der Waals surface area contributed by atoms with Crippen molar-refractivity contribution >= 4 is 29.2 Å². The lowest BCUT2D eigenvalue weighted by Crippen LogP contribution is -2.25. The third kappa shape index (κ3) is 5.34. The first kappa shape index (κ1) is 16.8. The maximum Gasteiger partial charge on any atom is 0.0366 e. The molecule has 0 saturated carbocycles. The van der Waals surface area contributed by atoms with Crippen LogP contribution in [0.2, 0.25) is 0 Å². The molecule has 2 heteroatoms. The van der Waals surface area contributed by atoms with E-state index in [1.165, 1.54) is 54.9 Å². The highest BCUT2D eigenvalue weighted by atomic mass is 32.1. The highest BCUT2D eigenvalue weighted by Gasteiger charge is 2.05. The fourth-order valence-electron chi connectivity index (χ4n) is 2.43. The molecule has 0 aliphatic rings. The summed E-state index contributed by atoms with van der Waals surface area (Å²) < 4.78 is 0. The molecule has 2 rings (SSSR count). The summed E-state index contributed by atoms with van der Waals surface area (Å²) >= 11 is 1.77. The summed E-state index contributed by atoms with van der Waals surface area (Å²) in [6, 6.07) is 13.2. The standard InChI is InChI=1S/C20H27NS/c1-3-5-15-21(16-6-4-2)19-12-9-18(10-13-19)11-14-20-8-7-17-22-20/h7-14,17H,3-6,15-16H2,1-2H3. The van der Waals surface area contributed by atoms with Gasteiger partial charge in [0.15, 0.2) is 0 Å². The van der Waals surface area contributed by atoms with Crippen molar-refractivity contribution in [2.45, 2.75) is 39.5 Å². The molecule has 22 heavy (non-hydrogen) atoms. The second kappa shape index (κ2) is 9.47. The zero-order chi connectivity index (χ0) is 15.6. The SMILES string of the molecule is CCCCN(CCCC)c1ccc(C=Cc2cccs2)cc1. The average molecular weight is 314 g/mol. The second-order valence-corrected chi connectivity index (χ2v) is 6.61. The van der Waals surface area contributed by atoms with Crippen LogP contribution in [-0.2, 0) is 0 Å². The molecule has 1 aromatic heterocycles. The minimum Gasteiger partial charge on any atom is -0.372 e. The fourth-order valence-corrected chi connectivity index (χ4v) is 3.05. The first-order valence-corrected chi connectivity index (χ1v) is 9.28. The number of rotatable bonds is 9. The van der Waals surface area contributed by atoms with Gasteiger partial charge in [0.05, 0.1) is 0 Å². The molecule has 0 unspecified atom stereocenters. The van der Waals surface area contributed by atoms with Crippen molar-refractivity contribution in [3.05, 3.63) is 52.2 Å². The van der Waals surface area contributed by atoms with Crippen LogP contribution in [-0.4, -0.2) is 13.1 Å². The maximum atomic E-state index is 2.53. The third-order valence-electron chi connectivity index (χ3n) is 3.80. The van der Waals surface area contributed by atoms with Crippen molar-refractivity contribution in [1.82, 2.24) is 0 Å². The Hall–Kier alpha value is -1.54. The van der Waals surface area contributed by atoms with E-state index in [0.29, 0.717) is 0 Å². The van der Waals surface area contributed by atoms with E-state index in [1.807, 2.05) is 0 Å². The second-order valence-electron chi connectivity index (χ2n) is 5.63. The van der Waals surface area contributed by atoms with Gasteiger partial charge in [-0.05, 0) is 48.1 Å². The summed E-state index contributed by atoms with van der Waals surface area (Å²) in [5.74, 6) is 0. The number of thiophene rings is 1. The summed E-state index contributed by atoms with van der Waals surface area (Å²) in [6.07, 6.45) is 9.42. The van der Waals surface area contributed by atoms with Gasteiger partial charge in [0, 0.05) is 23.7 Å². The molecule has 0 aliphatic carbocycles. The van der Waals surface area contributed by atoms with Crippen LogP contribution < -0.4 is 4.90 Å². The summed E-state index contributed by atoms with van der Waals surface area (Å²) in [4.78, 5) is 3.83. The highest BCUT2D eigenvalue weighted by molar-refractivity contribution is 7.10. The first-order chi connectivity index (χ1) is 10.8. The molecule has 0 atom stereocenters. The molecule has 0 aliphatic heterocycles. The average Bonchev–Trinajstić information content (AvgIpc) is 3.07. The van der Waals surface area contributed by atoms with Crippen molar-refractivity contribution in [3.8, 4) is 0 Å². The minimum absolute atomic E-state index is 1.17. The Bertz CT molecular complexity index is 532. The van der Waals surface area contributed by atoms with Crippen LogP contribution in [0.5, 0.6) is 0 Å². The summed E-state index contributed by atoms with van der Waals surface area (Å²) in [6.45, 7) is 6.86. The number of hydrogen-bond donors (Lipinski definition) is 0. The Kier molecular flexibility index (Phi) is 7.24. The molecule has 1 nitrogen and oxygen atoms in total. The largest absolute Gasteiger partial charge is 0.372 e. The number of anilines is 1. The van der Waals surface area contributed by atoms with Crippen molar-refractivity contribution in [3.63, 3.8) is 0 Å². The molecule has 0 bridgehead atoms. The fraction of sp³-hybridized carbons (Fsp3) is 0.400. The van der Waals surface area contributed by atoms with Gasteiger partial charge in [-0.2, -0.15) is 0 Å². The van der Waals surface area contributed by atoms with Crippen molar-refractivity contribution < 1.29 is 0 Å². The van der Waals surface area contributed by atoms with E-state index in [4.69, 9.17) is 0 Å². The van der Waals surface area contributed by atoms with Crippen LogP contribution in [0.4, 0.5) is 5.69 Å². The van der Waals surface area contributed by atoms with Crippen LogP contribution in [0.3, 0.4) is 0 Å². The third-order valence-corrected chi connectivity index (χ3v) is 4.64. The van der Waals surface area contributed by atoms with E-state index in [9.17, 15) is 0 Å². The predicted molar refractivity (Wildman–Crippen MR) is 102 cm³/mol. The Morgan fingerprint density at radius 1 is 0.909 bits per heavy atom. The van der Waals surface area contributed by atoms with Crippen molar-refractivity contribution in [1.29, 1.82) is 0 Å². The topological polar surface area (TPSA) is 3.24 Å². The lowest BCUT2D eigenvalue weighted by Gasteiger charge is -2.24. The quantitative estimate of drug-likeness (QED) is 0.523. The molecule has 1 heterocycles. The summed E-state index contributed by atoms with van der Waals surface area (Å²) in [5, 5.41) is 2.11. The molecular weight excluding hydrogens is 286 g/mol. The Labute approximate surface area is 139 Å². The normalized spacial score (nSPS) is 11.2. The molecule has 2 aromatic rings. The van der Waals surface area contributed by atoms with Gasteiger partial charge in [0.25, 0.3) is 0 Å². The van der Waals surface area contributed by atoms with Gasteiger partial charge in [-0.25, -0.2) is 0 Å². The van der Waals surface area contributed by atoms with Gasteiger partial charge in [-0.3, -0.25) is 0 Å². The van der Waals surface area contributed by atoms with Gasteiger partial charge < -0.3 is 4.90 Å². The van der Waals surface area contributed by atoms with E-state index in [-0.39, 0.29) is 0 Å². The number of unbranched alkanes of at least 4 members (excludes halogenated alkanes) is 2. The van der Waals surface area contributed by atoms with E-state index in [0.717, 1.165) is 0 Å². The zero-order valence-corrected chi connectivity index (χ0v) is 14.6. The van der Waals surface area contributed by atoms with Crippen molar-refractivity contribution in [2.24, 2.45) is 0 Å². The lowest BCUT2D eigenvalue weighted by molar-refractivity contribution is 0.678. The molecule has 0 radical (unpaired) electrons. The van der Waals surface area contributed by atoms with E-state index < -0.39 is 0 Å². The molecular formula is C20H27NS. The van der Waals surface area contributed by atoms with Crippen molar-refractivity contribution in [2.75, 3.05) is 18.0 Å². The van der Waals surface area contributed by atoms with Gasteiger partial charge in [0.1, 0.15) is 0 Å². The molecule has 0 amide bonds. The van der Waals surface area contributed by atoms with Crippen LogP contribution in [0.25, 0.3) is 12.2 Å². The van der Waals surface area contributed by atoms with Crippen LogP contribution >= 0.6 is 11.3 Å². The summed E-state index contributed by atoms with van der Waals surface area (Å²) in [7, 11) is 0.